The van der Waals surface area contributed by atoms with Crippen molar-refractivity contribution in [2.45, 2.75) is 57.9 Å². The van der Waals surface area contributed by atoms with Crippen molar-refractivity contribution in [3.63, 3.8) is 0 Å². The molecule has 27 heavy (non-hydrogen) atoms. The molecule has 1 N–H and O–H groups in total. The first-order chi connectivity index (χ1) is 12.8. The average molecular weight is 366 g/mol. The first kappa shape index (κ1) is 20.7. The van der Waals surface area contributed by atoms with E-state index >= 15 is 0 Å². The summed E-state index contributed by atoms with van der Waals surface area (Å²) in [6.45, 7) is 6.36. The van der Waals surface area contributed by atoms with Gasteiger partial charge in [0, 0.05) is 18.8 Å². The highest BCUT2D eigenvalue weighted by atomic mass is 16.4. The van der Waals surface area contributed by atoms with Gasteiger partial charge in [-0.2, -0.15) is 0 Å². The van der Waals surface area contributed by atoms with Gasteiger partial charge in [0.2, 0.25) is 5.91 Å². The Labute approximate surface area is 161 Å². The van der Waals surface area contributed by atoms with E-state index in [1.165, 1.54) is 5.56 Å². The fourth-order valence-corrected chi connectivity index (χ4v) is 3.00. The van der Waals surface area contributed by atoms with E-state index < -0.39 is 12.0 Å². The fraction of sp³-hybridized carbons (Fsp3) is 0.391. The van der Waals surface area contributed by atoms with Crippen LogP contribution in [0.4, 0.5) is 0 Å². The fourth-order valence-electron chi connectivity index (χ4n) is 3.00. The number of rotatable bonds is 8. The van der Waals surface area contributed by atoms with E-state index in [4.69, 9.17) is 0 Å². The van der Waals surface area contributed by atoms with Crippen LogP contribution in [0.15, 0.2) is 54.6 Å². The number of carboxylic acid groups (broad SMARTS) is 1. The molecular formula is C23H28NO3-. The Balaban J connectivity index is 1.97. The Morgan fingerprint density at radius 2 is 1.63 bits per heavy atom. The molecule has 2 aromatic carbocycles. The third kappa shape index (κ3) is 6.89. The predicted octanol–water partition coefficient (Wildman–Crippen LogP) is 3.30. The number of aliphatic carboxylic acids is 1. The molecule has 0 radical (unpaired) electrons. The molecule has 4 heteroatoms. The molecule has 0 heterocycles. The maximum atomic E-state index is 12.3. The summed E-state index contributed by atoms with van der Waals surface area (Å²) < 4.78 is 0. The number of carboxylic acids is 1. The lowest BCUT2D eigenvalue weighted by molar-refractivity contribution is -0.306. The summed E-state index contributed by atoms with van der Waals surface area (Å²) in [4.78, 5) is 23.4. The number of hydrogen-bond acceptors (Lipinski definition) is 3. The lowest BCUT2D eigenvalue weighted by atomic mass is 9.86. The number of carbonyl (C=O) groups excluding carboxylic acids is 2. The van der Waals surface area contributed by atoms with E-state index in [0.29, 0.717) is 6.42 Å². The van der Waals surface area contributed by atoms with Gasteiger partial charge in [-0.25, -0.2) is 0 Å². The molecule has 2 rings (SSSR count). The number of aryl methyl sites for hydroxylation is 1. The van der Waals surface area contributed by atoms with Crippen LogP contribution in [-0.2, 0) is 21.4 Å². The van der Waals surface area contributed by atoms with Gasteiger partial charge in [-0.3, -0.25) is 4.79 Å². The summed E-state index contributed by atoms with van der Waals surface area (Å²) in [5.74, 6) is -1.32. The molecule has 0 saturated carbocycles. The van der Waals surface area contributed by atoms with Gasteiger partial charge in [-0.05, 0) is 34.9 Å². The van der Waals surface area contributed by atoms with E-state index in [0.717, 1.165) is 24.0 Å². The summed E-state index contributed by atoms with van der Waals surface area (Å²) in [5.41, 5.74) is 3.15. The van der Waals surface area contributed by atoms with E-state index in [2.05, 4.69) is 26.1 Å². The third-order valence-electron chi connectivity index (χ3n) is 4.60. The van der Waals surface area contributed by atoms with Crippen LogP contribution in [0, 0.1) is 0 Å². The summed E-state index contributed by atoms with van der Waals surface area (Å²) in [5, 5.41) is 14.0. The normalized spacial score (nSPS) is 12.4. The van der Waals surface area contributed by atoms with Gasteiger partial charge >= 0.3 is 0 Å². The summed E-state index contributed by atoms with van der Waals surface area (Å²) in [6.07, 6.45) is 1.66. The van der Waals surface area contributed by atoms with E-state index in [1.54, 1.807) is 0 Å². The van der Waals surface area contributed by atoms with Gasteiger partial charge in [-0.1, -0.05) is 75.4 Å². The highest BCUT2D eigenvalue weighted by molar-refractivity contribution is 5.77. The van der Waals surface area contributed by atoms with Crippen LogP contribution in [0.5, 0.6) is 0 Å². The molecule has 2 aromatic rings. The first-order valence-corrected chi connectivity index (χ1v) is 9.39. The van der Waals surface area contributed by atoms with Crippen LogP contribution in [0.2, 0.25) is 0 Å². The molecule has 4 nitrogen and oxygen atoms in total. The van der Waals surface area contributed by atoms with Gasteiger partial charge in [0.15, 0.2) is 0 Å². The van der Waals surface area contributed by atoms with Crippen molar-refractivity contribution >= 4 is 11.9 Å². The molecule has 0 bridgehead atoms. The van der Waals surface area contributed by atoms with Crippen molar-refractivity contribution in [2.75, 3.05) is 0 Å². The van der Waals surface area contributed by atoms with Gasteiger partial charge in [0.05, 0.1) is 6.04 Å². The van der Waals surface area contributed by atoms with Gasteiger partial charge in [0.25, 0.3) is 0 Å². The smallest absolute Gasteiger partial charge is 0.220 e. The number of carbonyl (C=O) groups is 2. The third-order valence-corrected chi connectivity index (χ3v) is 4.60. The highest BCUT2D eigenvalue weighted by Crippen LogP contribution is 2.25. The highest BCUT2D eigenvalue weighted by Gasteiger charge is 2.17. The largest absolute Gasteiger partial charge is 0.550 e. The molecule has 0 aliphatic rings. The van der Waals surface area contributed by atoms with Crippen LogP contribution in [-0.4, -0.2) is 11.9 Å². The Morgan fingerprint density at radius 3 is 2.19 bits per heavy atom. The Bertz CT molecular complexity index is 745. The number of hydrogen-bond donors (Lipinski definition) is 1. The molecular weight excluding hydrogens is 338 g/mol. The Morgan fingerprint density at radius 1 is 1.00 bits per heavy atom. The van der Waals surface area contributed by atoms with Crippen LogP contribution in [0.1, 0.15) is 62.8 Å². The SMILES string of the molecule is CC(C)(C)c1ccc([C@H](CC(=O)[O-])NC(=O)CCCc2ccccc2)cc1. The summed E-state index contributed by atoms with van der Waals surface area (Å²) in [6, 6.07) is 17.2. The zero-order chi connectivity index (χ0) is 19.9. The monoisotopic (exact) mass is 366 g/mol. The van der Waals surface area contributed by atoms with Crippen molar-refractivity contribution in [3.05, 3.63) is 71.3 Å². The molecule has 144 valence electrons. The maximum Gasteiger partial charge on any atom is 0.220 e. The zero-order valence-electron chi connectivity index (χ0n) is 16.3. The molecule has 0 saturated heterocycles. The minimum atomic E-state index is -1.18. The first-order valence-electron chi connectivity index (χ1n) is 9.39. The minimum Gasteiger partial charge on any atom is -0.550 e. The van der Waals surface area contributed by atoms with E-state index in [-0.39, 0.29) is 17.7 Å². The second kappa shape index (κ2) is 9.36. The molecule has 0 aliphatic carbocycles. The van der Waals surface area contributed by atoms with E-state index in [1.807, 2.05) is 54.6 Å². The topological polar surface area (TPSA) is 69.2 Å². The molecule has 0 unspecified atom stereocenters. The summed E-state index contributed by atoms with van der Waals surface area (Å²) >= 11 is 0. The van der Waals surface area contributed by atoms with E-state index in [9.17, 15) is 14.7 Å². The Kier molecular flexibility index (Phi) is 7.17. The van der Waals surface area contributed by atoms with Gasteiger partial charge in [0.1, 0.15) is 0 Å². The molecule has 0 fully saturated rings. The van der Waals surface area contributed by atoms with Gasteiger partial charge < -0.3 is 15.2 Å². The zero-order valence-corrected chi connectivity index (χ0v) is 16.3. The molecule has 0 aromatic heterocycles. The lowest BCUT2D eigenvalue weighted by Gasteiger charge is -2.23. The molecule has 0 spiro atoms. The van der Waals surface area contributed by atoms with Crippen molar-refractivity contribution in [3.8, 4) is 0 Å². The molecule has 1 amide bonds. The number of amides is 1. The maximum absolute atomic E-state index is 12.3. The average Bonchev–Trinajstić information content (AvgIpc) is 2.61. The second-order valence-corrected chi connectivity index (χ2v) is 7.91. The number of benzene rings is 2. The standard InChI is InChI=1S/C23H29NO3/c1-23(2,3)19-14-12-18(13-15-19)20(16-22(26)27)24-21(25)11-7-10-17-8-5-4-6-9-17/h4-6,8-9,12-15,20H,7,10-11,16H2,1-3H3,(H,24,25)(H,26,27)/p-1/t20-/m0/s1. The number of nitrogens with one attached hydrogen (secondary N) is 1. The van der Waals surface area contributed by atoms with Crippen molar-refractivity contribution in [1.82, 2.24) is 5.32 Å². The van der Waals surface area contributed by atoms with Crippen molar-refractivity contribution < 1.29 is 14.7 Å². The molecule has 0 aliphatic heterocycles. The van der Waals surface area contributed by atoms with Crippen LogP contribution >= 0.6 is 0 Å². The van der Waals surface area contributed by atoms with Gasteiger partial charge in [-0.15, -0.1) is 0 Å². The van der Waals surface area contributed by atoms with Crippen molar-refractivity contribution in [2.24, 2.45) is 0 Å². The van der Waals surface area contributed by atoms with Crippen LogP contribution in [0.25, 0.3) is 0 Å². The van der Waals surface area contributed by atoms with Crippen LogP contribution < -0.4 is 10.4 Å². The molecule has 1 atom stereocenters. The van der Waals surface area contributed by atoms with Crippen molar-refractivity contribution in [1.29, 1.82) is 0 Å². The second-order valence-electron chi connectivity index (χ2n) is 7.91. The minimum absolute atomic E-state index is 0.0169. The summed E-state index contributed by atoms with van der Waals surface area (Å²) in [7, 11) is 0. The Hall–Kier alpha value is -2.62. The lowest BCUT2D eigenvalue weighted by Crippen LogP contribution is -2.34. The quantitative estimate of drug-likeness (QED) is 0.779. The predicted molar refractivity (Wildman–Crippen MR) is 105 cm³/mol. The van der Waals surface area contributed by atoms with Crippen LogP contribution in [0.3, 0.4) is 0 Å².